The number of hydrogen-bond acceptors (Lipinski definition) is 7. The van der Waals surface area contributed by atoms with Crippen molar-refractivity contribution in [3.05, 3.63) is 118 Å². The lowest BCUT2D eigenvalue weighted by Crippen LogP contribution is -2.31. The summed E-state index contributed by atoms with van der Waals surface area (Å²) in [5.41, 5.74) is 4.95. The predicted octanol–water partition coefficient (Wildman–Crippen LogP) is 7.55. The number of aliphatic imine (C=N–C) groups is 1. The highest BCUT2D eigenvalue weighted by Crippen LogP contribution is 2.37. The van der Waals surface area contributed by atoms with E-state index >= 15 is 0 Å². The average molecular weight is 593 g/mol. The normalized spacial score (nSPS) is 15.9. The zero-order valence-corrected chi connectivity index (χ0v) is 24.9. The summed E-state index contributed by atoms with van der Waals surface area (Å²) in [7, 11) is 0. The van der Waals surface area contributed by atoms with E-state index in [1.54, 1.807) is 4.90 Å². The van der Waals surface area contributed by atoms with Crippen molar-refractivity contribution >= 4 is 34.6 Å². The number of amides is 1. The molecule has 7 nitrogen and oxygen atoms in total. The Morgan fingerprint density at radius 1 is 0.884 bits per heavy atom. The summed E-state index contributed by atoms with van der Waals surface area (Å²) in [6, 6.07) is 29.6. The minimum Gasteiger partial charge on any atom is -0.490 e. The van der Waals surface area contributed by atoms with E-state index in [9.17, 15) is 4.79 Å². The lowest BCUT2D eigenvalue weighted by atomic mass is 10.1. The van der Waals surface area contributed by atoms with Crippen molar-refractivity contribution in [2.75, 3.05) is 19.9 Å². The van der Waals surface area contributed by atoms with Crippen molar-refractivity contribution in [3.8, 4) is 23.0 Å². The molecule has 0 N–H and O–H groups in total. The van der Waals surface area contributed by atoms with Crippen molar-refractivity contribution in [1.82, 2.24) is 4.90 Å². The Hall–Kier alpha value is -4.69. The molecule has 0 radical (unpaired) electrons. The molecule has 6 rings (SSSR count). The van der Waals surface area contributed by atoms with Gasteiger partial charge in [0.15, 0.2) is 28.2 Å². The molecule has 218 valence electrons. The van der Waals surface area contributed by atoms with Crippen molar-refractivity contribution in [2.24, 2.45) is 4.99 Å². The highest BCUT2D eigenvalue weighted by molar-refractivity contribution is 8.18. The Balaban J connectivity index is 1.23. The van der Waals surface area contributed by atoms with E-state index in [2.05, 4.69) is 12.1 Å². The summed E-state index contributed by atoms with van der Waals surface area (Å²) >= 11 is 1.39. The highest BCUT2D eigenvalue weighted by Gasteiger charge is 2.33. The van der Waals surface area contributed by atoms with Gasteiger partial charge in [-0.15, -0.1) is 0 Å². The lowest BCUT2D eigenvalue weighted by Gasteiger charge is -2.15. The summed E-state index contributed by atoms with van der Waals surface area (Å²) in [6.07, 6.45) is 2.63. The number of rotatable bonds is 10. The monoisotopic (exact) mass is 592 g/mol. The van der Waals surface area contributed by atoms with Gasteiger partial charge in [0.25, 0.3) is 5.91 Å². The first kappa shape index (κ1) is 28.4. The van der Waals surface area contributed by atoms with Gasteiger partial charge in [0, 0.05) is 6.54 Å². The van der Waals surface area contributed by atoms with Gasteiger partial charge in [0.1, 0.15) is 6.61 Å². The Labute approximate surface area is 255 Å². The van der Waals surface area contributed by atoms with Crippen molar-refractivity contribution in [1.29, 1.82) is 0 Å². The SMILES string of the molecule is CCOc1cc(/C=C2/SC(=Nc3ccc(C)cc3)N(CCc3ccccc3)C2=O)ccc1OCc1ccc2c(c1)OCO2. The maximum Gasteiger partial charge on any atom is 0.266 e. The zero-order valence-electron chi connectivity index (χ0n) is 24.1. The molecular weight excluding hydrogens is 560 g/mol. The van der Waals surface area contributed by atoms with E-state index in [-0.39, 0.29) is 12.7 Å². The van der Waals surface area contributed by atoms with Crippen LogP contribution < -0.4 is 18.9 Å². The molecule has 8 heteroatoms. The number of carbonyl (C=O) groups is 1. The molecule has 1 saturated heterocycles. The Morgan fingerprint density at radius 2 is 1.70 bits per heavy atom. The smallest absolute Gasteiger partial charge is 0.266 e. The van der Waals surface area contributed by atoms with E-state index in [1.807, 2.05) is 98.8 Å². The lowest BCUT2D eigenvalue weighted by molar-refractivity contribution is -0.122. The van der Waals surface area contributed by atoms with Gasteiger partial charge in [0.05, 0.1) is 17.2 Å². The van der Waals surface area contributed by atoms with Crippen LogP contribution in [0.15, 0.2) is 101 Å². The maximum absolute atomic E-state index is 13.7. The van der Waals surface area contributed by atoms with Crippen LogP contribution in [0.2, 0.25) is 0 Å². The minimum atomic E-state index is -0.0621. The van der Waals surface area contributed by atoms with Gasteiger partial charge in [-0.25, -0.2) is 4.99 Å². The average Bonchev–Trinajstić information content (AvgIpc) is 3.61. The highest BCUT2D eigenvalue weighted by atomic mass is 32.2. The van der Waals surface area contributed by atoms with Crippen molar-refractivity contribution in [2.45, 2.75) is 26.9 Å². The number of hydrogen-bond donors (Lipinski definition) is 0. The first-order valence-corrected chi connectivity index (χ1v) is 15.1. The fourth-order valence-electron chi connectivity index (χ4n) is 4.75. The van der Waals surface area contributed by atoms with E-state index in [0.29, 0.717) is 41.3 Å². The molecule has 43 heavy (non-hydrogen) atoms. The Morgan fingerprint density at radius 3 is 2.51 bits per heavy atom. The van der Waals surface area contributed by atoms with Gasteiger partial charge in [-0.1, -0.05) is 60.2 Å². The molecule has 0 atom stereocenters. The molecule has 2 aliphatic rings. The van der Waals surface area contributed by atoms with Gasteiger partial charge in [-0.3, -0.25) is 9.69 Å². The zero-order chi connectivity index (χ0) is 29.6. The van der Waals surface area contributed by atoms with Crippen molar-refractivity contribution in [3.63, 3.8) is 0 Å². The molecular formula is C35H32N2O5S. The molecule has 1 amide bonds. The van der Waals surface area contributed by atoms with Crippen LogP contribution >= 0.6 is 11.8 Å². The van der Waals surface area contributed by atoms with Crippen LogP contribution in [0.3, 0.4) is 0 Å². The van der Waals surface area contributed by atoms with Gasteiger partial charge in [-0.2, -0.15) is 0 Å². The number of carbonyl (C=O) groups excluding carboxylic acids is 1. The second kappa shape index (κ2) is 13.1. The number of aryl methyl sites for hydroxylation is 1. The minimum absolute atomic E-state index is 0.0621. The van der Waals surface area contributed by atoms with Crippen LogP contribution in [0.4, 0.5) is 5.69 Å². The number of benzene rings is 4. The third-order valence-electron chi connectivity index (χ3n) is 7.01. The summed E-state index contributed by atoms with van der Waals surface area (Å²) in [5, 5.41) is 0.671. The van der Waals surface area contributed by atoms with Gasteiger partial charge in [-0.05, 0) is 91.2 Å². The molecule has 2 heterocycles. The third kappa shape index (κ3) is 6.87. The molecule has 0 unspecified atom stereocenters. The van der Waals surface area contributed by atoms with Gasteiger partial charge in [0.2, 0.25) is 6.79 Å². The standard InChI is InChI=1S/C35H32N2O5S/c1-3-39-31-19-26(11-15-29(31)40-22-27-12-16-30-32(20-27)42-23-41-30)21-33-34(38)37(18-17-25-7-5-4-6-8-25)35(43-33)36-28-13-9-24(2)10-14-28/h4-16,19-21H,3,17-18,22-23H2,1-2H3/b33-21+,36-35?. The number of ether oxygens (including phenoxy) is 4. The van der Waals surface area contributed by atoms with Crippen LogP contribution in [0.5, 0.6) is 23.0 Å². The molecule has 0 bridgehead atoms. The van der Waals surface area contributed by atoms with Crippen molar-refractivity contribution < 1.29 is 23.7 Å². The number of amidine groups is 1. The van der Waals surface area contributed by atoms with Crippen LogP contribution in [-0.2, 0) is 17.8 Å². The maximum atomic E-state index is 13.7. The number of nitrogens with zero attached hydrogens (tertiary/aromatic N) is 2. The summed E-state index contributed by atoms with van der Waals surface area (Å²) in [4.78, 5) is 20.9. The Bertz CT molecular complexity index is 1670. The topological polar surface area (TPSA) is 69.6 Å². The Kier molecular flexibility index (Phi) is 8.65. The largest absolute Gasteiger partial charge is 0.490 e. The molecule has 0 aromatic heterocycles. The molecule has 0 aliphatic carbocycles. The fraction of sp³-hybridized carbons (Fsp3) is 0.200. The van der Waals surface area contributed by atoms with E-state index < -0.39 is 0 Å². The molecule has 4 aromatic carbocycles. The van der Waals surface area contributed by atoms with Crippen LogP contribution in [0.25, 0.3) is 6.08 Å². The quantitative estimate of drug-likeness (QED) is 0.177. The third-order valence-corrected chi connectivity index (χ3v) is 8.02. The first-order valence-electron chi connectivity index (χ1n) is 14.2. The predicted molar refractivity (Wildman–Crippen MR) is 170 cm³/mol. The first-order chi connectivity index (χ1) is 21.1. The van der Waals surface area contributed by atoms with Crippen LogP contribution in [0.1, 0.15) is 29.2 Å². The van der Waals surface area contributed by atoms with Gasteiger partial charge >= 0.3 is 0 Å². The second-order valence-corrected chi connectivity index (χ2v) is 11.2. The number of fused-ring (bicyclic) bond motifs is 1. The fourth-order valence-corrected chi connectivity index (χ4v) is 5.77. The number of thioether (sulfide) groups is 1. The van der Waals surface area contributed by atoms with E-state index in [4.69, 9.17) is 23.9 Å². The summed E-state index contributed by atoms with van der Waals surface area (Å²) in [6.45, 7) is 5.57. The van der Waals surface area contributed by atoms with E-state index in [1.165, 1.54) is 17.3 Å². The molecule has 0 saturated carbocycles. The summed E-state index contributed by atoms with van der Waals surface area (Å²) < 4.78 is 22.9. The molecule has 0 spiro atoms. The summed E-state index contributed by atoms with van der Waals surface area (Å²) in [5.74, 6) is 2.63. The molecule has 4 aromatic rings. The van der Waals surface area contributed by atoms with Crippen LogP contribution in [0, 0.1) is 6.92 Å². The van der Waals surface area contributed by atoms with Crippen LogP contribution in [-0.4, -0.2) is 35.9 Å². The van der Waals surface area contributed by atoms with Gasteiger partial charge < -0.3 is 18.9 Å². The van der Waals surface area contributed by atoms with E-state index in [0.717, 1.165) is 40.3 Å². The second-order valence-electron chi connectivity index (χ2n) is 10.1. The molecule has 2 aliphatic heterocycles. The molecule has 1 fully saturated rings.